The Bertz CT molecular complexity index is 633. The van der Waals surface area contributed by atoms with Gasteiger partial charge in [-0.1, -0.05) is 71.3 Å². The highest BCUT2D eigenvalue weighted by Crippen LogP contribution is 2.38. The first kappa shape index (κ1) is 19.1. The van der Waals surface area contributed by atoms with Crippen molar-refractivity contribution < 1.29 is 0 Å². The maximum absolute atomic E-state index is 3.71. The zero-order valence-corrected chi connectivity index (χ0v) is 18.3. The summed E-state index contributed by atoms with van der Waals surface area (Å²) in [6, 6.07) is 9.32. The molecule has 0 fully saturated rings. The Morgan fingerprint density at radius 3 is 1.26 bits per heavy atom. The van der Waals surface area contributed by atoms with E-state index in [1.54, 1.807) is 0 Å². The molecule has 0 atom stereocenters. The highest BCUT2D eigenvalue weighted by Gasteiger charge is 2.12. The van der Waals surface area contributed by atoms with Crippen LogP contribution < -0.4 is 0 Å². The summed E-state index contributed by atoms with van der Waals surface area (Å²) in [7, 11) is 0. The van der Waals surface area contributed by atoms with Crippen molar-refractivity contribution in [3.63, 3.8) is 0 Å². The summed E-state index contributed by atoms with van der Waals surface area (Å²) in [5.74, 6) is 0. The van der Waals surface area contributed by atoms with E-state index in [9.17, 15) is 0 Å². The molecule has 0 aromatic heterocycles. The third-order valence-electron chi connectivity index (χ3n) is 4.20. The van der Waals surface area contributed by atoms with E-state index in [1.165, 1.54) is 41.0 Å². The van der Waals surface area contributed by atoms with E-state index in [-0.39, 0.29) is 0 Å². The topological polar surface area (TPSA) is 0 Å². The molecule has 0 aliphatic heterocycles. The minimum absolute atomic E-state index is 1.05. The van der Waals surface area contributed by atoms with Gasteiger partial charge in [0.2, 0.25) is 0 Å². The van der Waals surface area contributed by atoms with Gasteiger partial charge in [0, 0.05) is 18.7 Å². The van der Waals surface area contributed by atoms with Crippen molar-refractivity contribution in [1.82, 2.24) is 0 Å². The Morgan fingerprint density at radius 1 is 0.609 bits per heavy atom. The number of hydrogen-bond donors (Lipinski definition) is 0. The number of halogens is 2. The van der Waals surface area contributed by atoms with Gasteiger partial charge in [0.1, 0.15) is 0 Å². The molecule has 2 aromatic carbocycles. The molecule has 0 amide bonds. The summed E-state index contributed by atoms with van der Waals surface area (Å²) < 4.78 is 2.48. The summed E-state index contributed by atoms with van der Waals surface area (Å²) >= 11 is 9.35. The molecule has 0 aliphatic rings. The van der Waals surface area contributed by atoms with Gasteiger partial charge in [0.25, 0.3) is 0 Å². The fraction of sp³-hybridized carbons (Fsp3) is 0.400. The molecule has 0 nitrogen and oxygen atoms in total. The number of aryl methyl sites for hydroxylation is 4. The Kier molecular flexibility index (Phi) is 7.24. The van der Waals surface area contributed by atoms with E-state index in [4.69, 9.17) is 0 Å². The van der Waals surface area contributed by atoms with Crippen LogP contribution in [0.3, 0.4) is 0 Å². The monoisotopic (exact) mass is 454 g/mol. The molecule has 0 saturated heterocycles. The molecule has 0 radical (unpaired) electrons. The average Bonchev–Trinajstić information content (AvgIpc) is 2.56. The maximum atomic E-state index is 3.71. The molecule has 23 heavy (non-hydrogen) atoms. The zero-order chi connectivity index (χ0) is 17.0. The zero-order valence-electron chi connectivity index (χ0n) is 14.3. The predicted octanol–water partition coefficient (Wildman–Crippen LogP) is 7.61. The second kappa shape index (κ2) is 8.73. The molecule has 0 unspecified atom stereocenters. The van der Waals surface area contributed by atoms with Crippen LogP contribution in [0.2, 0.25) is 0 Å². The van der Waals surface area contributed by atoms with Crippen LogP contribution in [0.15, 0.2) is 43.0 Å². The highest BCUT2D eigenvalue weighted by molar-refractivity contribution is 9.10. The van der Waals surface area contributed by atoms with E-state index in [0.717, 1.165) is 25.7 Å². The van der Waals surface area contributed by atoms with Crippen molar-refractivity contribution in [2.24, 2.45) is 0 Å². The largest absolute Gasteiger partial charge is 0.0895 e. The lowest BCUT2D eigenvalue weighted by molar-refractivity contribution is 1.02. The molecule has 0 spiro atoms. The average molecular weight is 456 g/mol. The lowest BCUT2D eigenvalue weighted by Gasteiger charge is -2.15. The van der Waals surface area contributed by atoms with Crippen molar-refractivity contribution in [1.29, 1.82) is 0 Å². The quantitative estimate of drug-likeness (QED) is 0.431. The van der Waals surface area contributed by atoms with Crippen molar-refractivity contribution in [3.8, 4) is 0 Å². The normalized spacial score (nSPS) is 11.0. The van der Waals surface area contributed by atoms with Crippen molar-refractivity contribution in [2.75, 3.05) is 0 Å². The number of rotatable bonds is 6. The van der Waals surface area contributed by atoms with Gasteiger partial charge < -0.3 is 0 Å². The third-order valence-corrected chi connectivity index (χ3v) is 6.88. The van der Waals surface area contributed by atoms with Gasteiger partial charge in [-0.05, 0) is 72.2 Å². The summed E-state index contributed by atoms with van der Waals surface area (Å²) in [6.45, 7) is 8.90. The van der Waals surface area contributed by atoms with Gasteiger partial charge >= 0.3 is 0 Å². The van der Waals surface area contributed by atoms with Crippen LogP contribution in [-0.4, -0.2) is 0 Å². The minimum Gasteiger partial charge on any atom is -0.0895 e. The summed E-state index contributed by atoms with van der Waals surface area (Å²) in [5.41, 5.74) is 5.61. The SMILES string of the molecule is CCc1cc(Sc2cc(CC)c(Br)cc2CC)c(CC)cc1Br. The first-order valence-corrected chi connectivity index (χ1v) is 10.7. The second-order valence-electron chi connectivity index (χ2n) is 5.62. The Balaban J connectivity index is 2.49. The third kappa shape index (κ3) is 4.43. The van der Waals surface area contributed by atoms with Gasteiger partial charge in [-0.15, -0.1) is 0 Å². The van der Waals surface area contributed by atoms with Crippen LogP contribution in [-0.2, 0) is 25.7 Å². The van der Waals surface area contributed by atoms with E-state index >= 15 is 0 Å². The van der Waals surface area contributed by atoms with E-state index in [0.29, 0.717) is 0 Å². The first-order valence-electron chi connectivity index (χ1n) is 8.34. The maximum Gasteiger partial charge on any atom is 0.0210 e. The van der Waals surface area contributed by atoms with Crippen molar-refractivity contribution in [2.45, 2.75) is 63.2 Å². The molecule has 0 aliphatic carbocycles. The van der Waals surface area contributed by atoms with Gasteiger partial charge in [-0.3, -0.25) is 0 Å². The number of benzene rings is 2. The fourth-order valence-electron chi connectivity index (χ4n) is 2.68. The fourth-order valence-corrected chi connectivity index (χ4v) is 5.33. The van der Waals surface area contributed by atoms with Gasteiger partial charge in [0.15, 0.2) is 0 Å². The Labute approximate surface area is 161 Å². The molecule has 2 rings (SSSR count). The minimum atomic E-state index is 1.05. The van der Waals surface area contributed by atoms with E-state index in [1.807, 2.05) is 11.8 Å². The lowest BCUT2D eigenvalue weighted by atomic mass is 10.1. The predicted molar refractivity (Wildman–Crippen MR) is 110 cm³/mol. The van der Waals surface area contributed by atoms with Gasteiger partial charge in [-0.25, -0.2) is 0 Å². The molecule has 0 bridgehead atoms. The lowest BCUT2D eigenvalue weighted by Crippen LogP contribution is -1.94. The summed E-state index contributed by atoms with van der Waals surface area (Å²) in [4.78, 5) is 2.79. The van der Waals surface area contributed by atoms with Gasteiger partial charge in [0.05, 0.1) is 0 Å². The van der Waals surface area contributed by atoms with Crippen LogP contribution in [0.1, 0.15) is 49.9 Å². The molecule has 0 N–H and O–H groups in total. The molecular formula is C20H24Br2S. The molecular weight excluding hydrogens is 432 g/mol. The highest BCUT2D eigenvalue weighted by atomic mass is 79.9. The Hall–Kier alpha value is -0.250. The molecule has 124 valence electrons. The summed E-state index contributed by atoms with van der Waals surface area (Å²) in [6.07, 6.45) is 4.23. The molecule has 0 heterocycles. The van der Waals surface area contributed by atoms with Gasteiger partial charge in [-0.2, -0.15) is 0 Å². The van der Waals surface area contributed by atoms with Crippen LogP contribution in [0, 0.1) is 0 Å². The smallest absolute Gasteiger partial charge is 0.0210 e. The van der Waals surface area contributed by atoms with Crippen LogP contribution in [0.25, 0.3) is 0 Å². The van der Waals surface area contributed by atoms with Crippen LogP contribution in [0.5, 0.6) is 0 Å². The number of hydrogen-bond acceptors (Lipinski definition) is 1. The standard InChI is InChI=1S/C20H24Br2S/c1-5-13-11-19(15(7-3)9-17(13)21)23-20-12-14(6-2)18(22)10-16(20)8-4/h9-12H,5-8H2,1-4H3. The van der Waals surface area contributed by atoms with Crippen molar-refractivity contribution in [3.05, 3.63) is 55.5 Å². The molecule has 2 aromatic rings. The van der Waals surface area contributed by atoms with E-state index in [2.05, 4.69) is 83.8 Å². The summed E-state index contributed by atoms with van der Waals surface area (Å²) in [5, 5.41) is 0. The first-order chi connectivity index (χ1) is 11.0. The second-order valence-corrected chi connectivity index (χ2v) is 8.41. The van der Waals surface area contributed by atoms with Crippen molar-refractivity contribution >= 4 is 43.6 Å². The van der Waals surface area contributed by atoms with Crippen LogP contribution >= 0.6 is 43.6 Å². The Morgan fingerprint density at radius 2 is 0.957 bits per heavy atom. The molecule has 0 saturated carbocycles. The van der Waals surface area contributed by atoms with E-state index < -0.39 is 0 Å². The molecule has 3 heteroatoms. The van der Waals surface area contributed by atoms with Crippen LogP contribution in [0.4, 0.5) is 0 Å².